The number of piperidine rings is 1. The maximum atomic E-state index is 12.5. The van der Waals surface area contributed by atoms with E-state index in [2.05, 4.69) is 10.6 Å². The van der Waals surface area contributed by atoms with Gasteiger partial charge in [-0.2, -0.15) is 0 Å². The van der Waals surface area contributed by atoms with Crippen molar-refractivity contribution in [3.63, 3.8) is 0 Å². The summed E-state index contributed by atoms with van der Waals surface area (Å²) in [4.78, 5) is 12.5. The minimum Gasteiger partial charge on any atom is -0.490 e. The predicted molar refractivity (Wildman–Crippen MR) is 101 cm³/mol. The van der Waals surface area contributed by atoms with Crippen LogP contribution in [0.2, 0.25) is 0 Å². The number of benzene rings is 1. The van der Waals surface area contributed by atoms with Crippen molar-refractivity contribution >= 4 is 16.9 Å². The lowest BCUT2D eigenvalue weighted by atomic mass is 9.89. The van der Waals surface area contributed by atoms with Crippen molar-refractivity contribution in [2.45, 2.75) is 64.1 Å². The Labute approximate surface area is 154 Å². The monoisotopic (exact) mass is 356 g/mol. The number of ether oxygens (including phenoxy) is 1. The summed E-state index contributed by atoms with van der Waals surface area (Å²) >= 11 is 0. The van der Waals surface area contributed by atoms with Crippen LogP contribution in [0.1, 0.15) is 57.8 Å². The Morgan fingerprint density at radius 2 is 2.12 bits per heavy atom. The van der Waals surface area contributed by atoms with E-state index < -0.39 is 0 Å². The summed E-state index contributed by atoms with van der Waals surface area (Å²) in [5.41, 5.74) is 0.750. The second kappa shape index (κ2) is 7.31. The molecule has 0 aliphatic carbocycles. The van der Waals surface area contributed by atoms with E-state index in [9.17, 15) is 4.79 Å². The van der Waals surface area contributed by atoms with Crippen LogP contribution in [-0.2, 0) is 4.79 Å². The first kappa shape index (κ1) is 17.4. The highest BCUT2D eigenvalue weighted by atomic mass is 16.5. The fourth-order valence-corrected chi connectivity index (χ4v) is 4.51. The lowest BCUT2D eigenvalue weighted by Crippen LogP contribution is -2.40. The third kappa shape index (κ3) is 3.58. The first-order chi connectivity index (χ1) is 12.6. The first-order valence-electron chi connectivity index (χ1n) is 9.83. The van der Waals surface area contributed by atoms with Crippen molar-refractivity contribution in [1.82, 2.24) is 10.6 Å². The van der Waals surface area contributed by atoms with Gasteiger partial charge in [0, 0.05) is 23.9 Å². The van der Waals surface area contributed by atoms with Gasteiger partial charge in [0.15, 0.2) is 11.3 Å². The molecule has 2 N–H and O–H groups in total. The standard InChI is InChI=1S/C21H28N2O3/c1-3-25-18-6-4-5-15-12-19(26-21(15)18)13(2)22-20(24)11-14-9-16-7-8-17(10-14)23-16/h4-6,12-14,16-17,23H,3,7-11H2,1-2H3,(H,22,24). The fourth-order valence-electron chi connectivity index (χ4n) is 4.51. The molecule has 3 atom stereocenters. The smallest absolute Gasteiger partial charge is 0.220 e. The Morgan fingerprint density at radius 3 is 2.85 bits per heavy atom. The van der Waals surface area contributed by atoms with Crippen molar-refractivity contribution in [2.24, 2.45) is 5.92 Å². The van der Waals surface area contributed by atoms with Crippen LogP contribution in [0.5, 0.6) is 5.75 Å². The van der Waals surface area contributed by atoms with E-state index in [1.807, 2.05) is 38.1 Å². The van der Waals surface area contributed by atoms with Crippen LogP contribution in [0.25, 0.3) is 11.0 Å². The molecule has 3 heterocycles. The molecule has 1 aromatic heterocycles. The zero-order valence-electron chi connectivity index (χ0n) is 15.6. The molecule has 0 radical (unpaired) electrons. The normalized spacial score (nSPS) is 26.0. The van der Waals surface area contributed by atoms with Gasteiger partial charge in [0.2, 0.25) is 5.91 Å². The number of furan rings is 1. The summed E-state index contributed by atoms with van der Waals surface area (Å²) in [6.07, 6.45) is 5.39. The van der Waals surface area contributed by atoms with Crippen LogP contribution in [0.3, 0.4) is 0 Å². The maximum Gasteiger partial charge on any atom is 0.220 e. The van der Waals surface area contributed by atoms with Gasteiger partial charge >= 0.3 is 0 Å². The SMILES string of the molecule is CCOc1cccc2cc(C(C)NC(=O)CC3CC4CCC(C3)N4)oc12. The Bertz CT molecular complexity index is 773. The molecular weight excluding hydrogens is 328 g/mol. The van der Waals surface area contributed by atoms with E-state index in [1.165, 1.54) is 12.8 Å². The summed E-state index contributed by atoms with van der Waals surface area (Å²) in [7, 11) is 0. The number of nitrogens with one attached hydrogen (secondary N) is 2. The van der Waals surface area contributed by atoms with Crippen molar-refractivity contribution in [2.75, 3.05) is 6.61 Å². The molecule has 140 valence electrons. The lowest BCUT2D eigenvalue weighted by molar-refractivity contribution is -0.123. The van der Waals surface area contributed by atoms with Gasteiger partial charge in [0.05, 0.1) is 12.6 Å². The molecular formula is C21H28N2O3. The molecule has 5 heteroatoms. The van der Waals surface area contributed by atoms with E-state index in [0.717, 1.165) is 35.3 Å². The number of hydrogen-bond acceptors (Lipinski definition) is 4. The van der Waals surface area contributed by atoms with Crippen LogP contribution < -0.4 is 15.4 Å². The fraction of sp³-hybridized carbons (Fsp3) is 0.571. The highest BCUT2D eigenvalue weighted by Gasteiger charge is 2.34. The minimum absolute atomic E-state index is 0.120. The van der Waals surface area contributed by atoms with Gasteiger partial charge in [-0.3, -0.25) is 4.79 Å². The molecule has 3 unspecified atom stereocenters. The quantitative estimate of drug-likeness (QED) is 0.823. The number of hydrogen-bond donors (Lipinski definition) is 2. The lowest BCUT2D eigenvalue weighted by Gasteiger charge is -2.28. The number of para-hydroxylation sites is 1. The molecule has 0 saturated carbocycles. The van der Waals surface area contributed by atoms with Crippen LogP contribution >= 0.6 is 0 Å². The largest absolute Gasteiger partial charge is 0.490 e. The summed E-state index contributed by atoms with van der Waals surface area (Å²) in [6, 6.07) is 8.96. The highest BCUT2D eigenvalue weighted by Crippen LogP contribution is 2.33. The van der Waals surface area contributed by atoms with Crippen molar-refractivity contribution in [1.29, 1.82) is 0 Å². The van der Waals surface area contributed by atoms with Crippen molar-refractivity contribution < 1.29 is 13.9 Å². The Kier molecular flexibility index (Phi) is 4.90. The molecule has 2 aromatic rings. The van der Waals surface area contributed by atoms with Crippen LogP contribution in [0.15, 0.2) is 28.7 Å². The number of rotatable bonds is 6. The van der Waals surface area contributed by atoms with Gasteiger partial charge < -0.3 is 19.8 Å². The number of carbonyl (C=O) groups excluding carboxylic acids is 1. The van der Waals surface area contributed by atoms with E-state index in [4.69, 9.17) is 9.15 Å². The summed E-state index contributed by atoms with van der Waals surface area (Å²) in [5.74, 6) is 2.14. The molecule has 0 spiro atoms. The molecule has 2 bridgehead atoms. The number of fused-ring (bicyclic) bond motifs is 3. The van der Waals surface area contributed by atoms with E-state index in [1.54, 1.807) is 0 Å². The first-order valence-corrected chi connectivity index (χ1v) is 9.83. The molecule has 1 aromatic carbocycles. The zero-order valence-corrected chi connectivity index (χ0v) is 15.6. The molecule has 4 rings (SSSR count). The van der Waals surface area contributed by atoms with Crippen molar-refractivity contribution in [3.8, 4) is 5.75 Å². The second-order valence-electron chi connectivity index (χ2n) is 7.72. The third-order valence-corrected chi connectivity index (χ3v) is 5.68. The van der Waals surface area contributed by atoms with Crippen LogP contribution in [-0.4, -0.2) is 24.6 Å². The topological polar surface area (TPSA) is 63.5 Å². The molecule has 26 heavy (non-hydrogen) atoms. The van der Waals surface area contributed by atoms with Gasteiger partial charge in [0.25, 0.3) is 0 Å². The predicted octanol–water partition coefficient (Wildman–Crippen LogP) is 3.93. The van der Waals surface area contributed by atoms with Gasteiger partial charge in [-0.05, 0) is 57.6 Å². The summed E-state index contributed by atoms with van der Waals surface area (Å²) < 4.78 is 11.6. The average Bonchev–Trinajstić information content (AvgIpc) is 3.19. The highest BCUT2D eigenvalue weighted by molar-refractivity contribution is 5.84. The second-order valence-corrected chi connectivity index (χ2v) is 7.72. The van der Waals surface area contributed by atoms with Gasteiger partial charge in [-0.1, -0.05) is 12.1 Å². The zero-order chi connectivity index (χ0) is 18.1. The number of carbonyl (C=O) groups is 1. The van der Waals surface area contributed by atoms with Gasteiger partial charge in [-0.25, -0.2) is 0 Å². The van der Waals surface area contributed by atoms with Crippen LogP contribution in [0, 0.1) is 5.92 Å². The van der Waals surface area contributed by atoms with Crippen LogP contribution in [0.4, 0.5) is 0 Å². The maximum absolute atomic E-state index is 12.5. The van der Waals surface area contributed by atoms with E-state index >= 15 is 0 Å². The molecule has 2 aliphatic heterocycles. The molecule has 2 aliphatic rings. The average molecular weight is 356 g/mol. The van der Waals surface area contributed by atoms with Gasteiger partial charge in [-0.15, -0.1) is 0 Å². The molecule has 1 amide bonds. The molecule has 2 fully saturated rings. The Balaban J connectivity index is 1.39. The minimum atomic E-state index is -0.150. The van der Waals surface area contributed by atoms with E-state index in [-0.39, 0.29) is 11.9 Å². The molecule has 5 nitrogen and oxygen atoms in total. The van der Waals surface area contributed by atoms with E-state index in [0.29, 0.717) is 31.0 Å². The summed E-state index contributed by atoms with van der Waals surface area (Å²) in [5, 5.41) is 7.75. The van der Waals surface area contributed by atoms with Gasteiger partial charge in [0.1, 0.15) is 5.76 Å². The Hall–Kier alpha value is -2.01. The molecule has 2 saturated heterocycles. The third-order valence-electron chi connectivity index (χ3n) is 5.68. The van der Waals surface area contributed by atoms with Crippen molar-refractivity contribution in [3.05, 3.63) is 30.0 Å². The summed E-state index contributed by atoms with van der Waals surface area (Å²) in [6.45, 7) is 4.53. The Morgan fingerprint density at radius 1 is 1.35 bits per heavy atom. The number of amides is 1.